The van der Waals surface area contributed by atoms with Gasteiger partial charge in [0.2, 0.25) is 5.95 Å². The Labute approximate surface area is 172 Å². The van der Waals surface area contributed by atoms with E-state index in [9.17, 15) is 4.39 Å². The number of benzene rings is 1. The van der Waals surface area contributed by atoms with Crippen LogP contribution in [0, 0.1) is 12.7 Å². The molecule has 0 aliphatic heterocycles. The van der Waals surface area contributed by atoms with Gasteiger partial charge in [0, 0.05) is 18.9 Å². The topological polar surface area (TPSA) is 97.1 Å². The molecule has 2 heterocycles. The minimum atomic E-state index is -0.492. The van der Waals surface area contributed by atoms with Crippen molar-refractivity contribution in [2.75, 3.05) is 31.0 Å². The van der Waals surface area contributed by atoms with Crippen molar-refractivity contribution in [1.82, 2.24) is 19.7 Å². The fraction of sp³-hybridized carbons (Fsp3) is 0.316. The molecule has 1 atom stereocenters. The SMILES string of the molecule is COCC(Nc1nc(Nc2cnn(CCO)c2)ncc1Cl)c1c(C)cccc1F. The maximum absolute atomic E-state index is 14.5. The van der Waals surface area contributed by atoms with Gasteiger partial charge in [-0.25, -0.2) is 9.37 Å². The van der Waals surface area contributed by atoms with E-state index in [-0.39, 0.29) is 19.0 Å². The highest BCUT2D eigenvalue weighted by Crippen LogP contribution is 2.29. The van der Waals surface area contributed by atoms with Crippen LogP contribution in [0.1, 0.15) is 17.2 Å². The molecule has 0 spiro atoms. The predicted octanol–water partition coefficient (Wildman–Crippen LogP) is 3.31. The molecule has 2 aromatic heterocycles. The van der Waals surface area contributed by atoms with Gasteiger partial charge < -0.3 is 20.5 Å². The molecule has 0 saturated carbocycles. The molecule has 3 N–H and O–H groups in total. The van der Waals surface area contributed by atoms with Crippen LogP contribution in [-0.4, -0.2) is 45.2 Å². The summed E-state index contributed by atoms with van der Waals surface area (Å²) in [5, 5.41) is 19.6. The summed E-state index contributed by atoms with van der Waals surface area (Å²) in [6, 6.07) is 4.41. The molecule has 0 fully saturated rings. The van der Waals surface area contributed by atoms with Gasteiger partial charge in [-0.3, -0.25) is 4.68 Å². The third-order valence-corrected chi connectivity index (χ3v) is 4.50. The zero-order chi connectivity index (χ0) is 20.8. The first kappa shape index (κ1) is 21.0. The summed E-state index contributed by atoms with van der Waals surface area (Å²) in [5.41, 5.74) is 1.94. The van der Waals surface area contributed by atoms with Crippen LogP contribution in [0.25, 0.3) is 0 Å². The van der Waals surface area contributed by atoms with E-state index in [0.29, 0.717) is 34.6 Å². The van der Waals surface area contributed by atoms with Gasteiger partial charge in [-0.15, -0.1) is 0 Å². The Morgan fingerprint density at radius 1 is 1.34 bits per heavy atom. The minimum absolute atomic E-state index is 0.0109. The van der Waals surface area contributed by atoms with Crippen molar-refractivity contribution in [3.63, 3.8) is 0 Å². The zero-order valence-electron chi connectivity index (χ0n) is 16.1. The molecular weight excluding hydrogens is 399 g/mol. The van der Waals surface area contributed by atoms with Crippen molar-refractivity contribution in [2.24, 2.45) is 0 Å². The Kier molecular flexibility index (Phi) is 6.97. The minimum Gasteiger partial charge on any atom is -0.394 e. The molecule has 0 aliphatic carbocycles. The maximum Gasteiger partial charge on any atom is 0.229 e. The first-order valence-electron chi connectivity index (χ1n) is 8.95. The quantitative estimate of drug-likeness (QED) is 0.488. The average Bonchev–Trinajstić information content (AvgIpc) is 3.11. The highest BCUT2D eigenvalue weighted by molar-refractivity contribution is 6.32. The fourth-order valence-corrected chi connectivity index (χ4v) is 3.07. The van der Waals surface area contributed by atoms with Crippen LogP contribution in [0.2, 0.25) is 5.02 Å². The van der Waals surface area contributed by atoms with E-state index < -0.39 is 6.04 Å². The lowest BCUT2D eigenvalue weighted by atomic mass is 10.0. The van der Waals surface area contributed by atoms with Gasteiger partial charge in [0.1, 0.15) is 10.8 Å². The molecular formula is C19H22ClFN6O2. The summed E-state index contributed by atoms with van der Waals surface area (Å²) in [6.45, 7) is 2.43. The van der Waals surface area contributed by atoms with Crippen LogP contribution in [0.5, 0.6) is 0 Å². The van der Waals surface area contributed by atoms with Crippen LogP contribution in [0.15, 0.2) is 36.8 Å². The molecule has 8 nitrogen and oxygen atoms in total. The number of nitrogens with one attached hydrogen (secondary N) is 2. The molecule has 0 saturated heterocycles. The Morgan fingerprint density at radius 3 is 2.90 bits per heavy atom. The van der Waals surface area contributed by atoms with Crippen molar-refractivity contribution in [3.8, 4) is 0 Å². The second kappa shape index (κ2) is 9.64. The van der Waals surface area contributed by atoms with Gasteiger partial charge >= 0.3 is 0 Å². The second-order valence-electron chi connectivity index (χ2n) is 6.35. The monoisotopic (exact) mass is 420 g/mol. The summed E-state index contributed by atoms with van der Waals surface area (Å²) in [7, 11) is 1.55. The molecule has 154 valence electrons. The largest absolute Gasteiger partial charge is 0.394 e. The fourth-order valence-electron chi connectivity index (χ4n) is 2.93. The number of nitrogens with zero attached hydrogens (tertiary/aromatic N) is 4. The molecule has 10 heteroatoms. The van der Waals surface area contributed by atoms with Crippen LogP contribution in [0.4, 0.5) is 21.8 Å². The third kappa shape index (κ3) is 5.20. The van der Waals surface area contributed by atoms with Gasteiger partial charge in [0.05, 0.1) is 43.9 Å². The van der Waals surface area contributed by atoms with Crippen LogP contribution in [-0.2, 0) is 11.3 Å². The van der Waals surface area contributed by atoms with Gasteiger partial charge in [-0.1, -0.05) is 23.7 Å². The number of methoxy groups -OCH3 is 1. The van der Waals surface area contributed by atoms with E-state index in [1.165, 1.54) is 12.3 Å². The molecule has 1 unspecified atom stereocenters. The average molecular weight is 421 g/mol. The first-order chi connectivity index (χ1) is 14.0. The third-order valence-electron chi connectivity index (χ3n) is 4.23. The lowest BCUT2D eigenvalue weighted by Crippen LogP contribution is -2.20. The lowest BCUT2D eigenvalue weighted by molar-refractivity contribution is 0.185. The maximum atomic E-state index is 14.5. The summed E-state index contributed by atoms with van der Waals surface area (Å²) in [5.74, 6) is 0.304. The predicted molar refractivity (Wildman–Crippen MR) is 109 cm³/mol. The summed E-state index contributed by atoms with van der Waals surface area (Å²) in [6.07, 6.45) is 4.77. The van der Waals surface area contributed by atoms with Crippen molar-refractivity contribution < 1.29 is 14.2 Å². The molecule has 0 bridgehead atoms. The van der Waals surface area contributed by atoms with Crippen LogP contribution < -0.4 is 10.6 Å². The number of hydrogen-bond acceptors (Lipinski definition) is 7. The number of aliphatic hydroxyl groups excluding tert-OH is 1. The second-order valence-corrected chi connectivity index (χ2v) is 6.76. The first-order valence-corrected chi connectivity index (χ1v) is 9.33. The van der Waals surface area contributed by atoms with E-state index in [4.69, 9.17) is 21.4 Å². The number of ether oxygens (including phenoxy) is 1. The molecule has 0 radical (unpaired) electrons. The lowest BCUT2D eigenvalue weighted by Gasteiger charge is -2.22. The molecule has 29 heavy (non-hydrogen) atoms. The van der Waals surface area contributed by atoms with Crippen molar-refractivity contribution in [1.29, 1.82) is 0 Å². The number of anilines is 3. The van der Waals surface area contributed by atoms with Crippen molar-refractivity contribution in [2.45, 2.75) is 19.5 Å². The van der Waals surface area contributed by atoms with Gasteiger partial charge in [-0.2, -0.15) is 10.1 Å². The van der Waals surface area contributed by atoms with E-state index in [2.05, 4.69) is 25.7 Å². The summed E-state index contributed by atoms with van der Waals surface area (Å²) < 4.78 is 21.3. The summed E-state index contributed by atoms with van der Waals surface area (Å²) >= 11 is 6.26. The number of halogens is 2. The van der Waals surface area contributed by atoms with Gasteiger partial charge in [0.15, 0.2) is 5.82 Å². The number of aromatic nitrogens is 4. The van der Waals surface area contributed by atoms with Crippen molar-refractivity contribution >= 4 is 29.1 Å². The molecule has 3 aromatic rings. The molecule has 1 aromatic carbocycles. The smallest absolute Gasteiger partial charge is 0.229 e. The van der Waals surface area contributed by atoms with Gasteiger partial charge in [-0.05, 0) is 18.6 Å². The molecule has 3 rings (SSSR count). The van der Waals surface area contributed by atoms with Crippen LogP contribution >= 0.6 is 11.6 Å². The standard InChI is InChI=1S/C19H22ClFN6O2/c1-12-4-3-5-15(21)17(12)16(11-29-2)25-18-14(20)9-22-19(26-18)24-13-8-23-27(10-13)6-7-28/h3-5,8-10,16,28H,6-7,11H2,1-2H3,(H2,22,24,25,26). The Bertz CT molecular complexity index is 947. The number of aliphatic hydroxyl groups is 1. The van der Waals surface area contributed by atoms with E-state index in [0.717, 1.165) is 5.56 Å². The number of aryl methyl sites for hydroxylation is 1. The number of hydrogen-bond donors (Lipinski definition) is 3. The molecule has 0 aliphatic rings. The Balaban J connectivity index is 1.84. The highest BCUT2D eigenvalue weighted by atomic mass is 35.5. The van der Waals surface area contributed by atoms with E-state index >= 15 is 0 Å². The molecule has 0 amide bonds. The van der Waals surface area contributed by atoms with Crippen molar-refractivity contribution in [3.05, 3.63) is 58.8 Å². The Hall–Kier alpha value is -2.75. The van der Waals surface area contributed by atoms with E-state index in [1.807, 2.05) is 13.0 Å². The van der Waals surface area contributed by atoms with E-state index in [1.54, 1.807) is 30.3 Å². The zero-order valence-corrected chi connectivity index (χ0v) is 16.8. The highest BCUT2D eigenvalue weighted by Gasteiger charge is 2.20. The Morgan fingerprint density at radius 2 is 2.17 bits per heavy atom. The van der Waals surface area contributed by atoms with Gasteiger partial charge in [0.25, 0.3) is 0 Å². The summed E-state index contributed by atoms with van der Waals surface area (Å²) in [4.78, 5) is 8.56. The number of rotatable bonds is 9. The normalized spacial score (nSPS) is 12.0. The van der Waals surface area contributed by atoms with Crippen LogP contribution in [0.3, 0.4) is 0 Å².